The van der Waals surface area contributed by atoms with Crippen molar-refractivity contribution in [2.45, 2.75) is 25.7 Å². The predicted octanol–water partition coefficient (Wildman–Crippen LogP) is 5.57. The molecule has 12 heteroatoms. The van der Waals surface area contributed by atoms with Crippen LogP contribution in [0.15, 0.2) is 65.7 Å². The molecule has 6 rings (SSSR count). The summed E-state index contributed by atoms with van der Waals surface area (Å²) in [4.78, 5) is 40.1. The molecule has 0 radical (unpaired) electrons. The fourth-order valence-electron chi connectivity index (χ4n) is 4.86. The van der Waals surface area contributed by atoms with Gasteiger partial charge in [-0.05, 0) is 55.7 Å². The summed E-state index contributed by atoms with van der Waals surface area (Å²) in [6, 6.07) is 12.5. The Morgan fingerprint density at radius 2 is 1.77 bits per heavy atom. The Bertz CT molecular complexity index is 1970. The molecule has 1 amide bonds. The first kappa shape index (κ1) is 28.6. The molecular weight excluding hydrogens is 569 g/mol. The Hall–Kier alpha value is -5.52. The largest absolute Gasteiger partial charge is 0.497 e. The fraction of sp³-hybridized carbons (Fsp3) is 0.219. The normalized spacial score (nSPS) is 12.6. The molecule has 0 bridgehead atoms. The Labute approximate surface area is 251 Å². The molecule has 1 saturated carbocycles. The van der Waals surface area contributed by atoms with Crippen LogP contribution in [-0.4, -0.2) is 46.8 Å². The SMILES string of the molecule is COc1ccc(-n2c(C3CC3)ncc(C(=O)Nc3ccc(Oc4ccnc5cc(OC)c(OC)nc45)c(F)c3)c2=O)c(C)c1. The predicted molar refractivity (Wildman–Crippen MR) is 160 cm³/mol. The summed E-state index contributed by atoms with van der Waals surface area (Å²) < 4.78 is 38.4. The first-order valence-electron chi connectivity index (χ1n) is 13.7. The zero-order chi connectivity index (χ0) is 31.0. The van der Waals surface area contributed by atoms with E-state index in [1.54, 1.807) is 31.4 Å². The van der Waals surface area contributed by atoms with Gasteiger partial charge in [0.15, 0.2) is 23.1 Å². The number of hydrogen-bond acceptors (Lipinski definition) is 9. The van der Waals surface area contributed by atoms with Crippen LogP contribution < -0.4 is 29.8 Å². The molecule has 224 valence electrons. The lowest BCUT2D eigenvalue weighted by molar-refractivity contribution is 0.102. The lowest BCUT2D eigenvalue weighted by atomic mass is 10.1. The van der Waals surface area contributed by atoms with Crippen LogP contribution in [0.5, 0.6) is 28.9 Å². The number of benzene rings is 2. The number of anilines is 1. The second-order valence-corrected chi connectivity index (χ2v) is 10.2. The van der Waals surface area contributed by atoms with Crippen LogP contribution in [-0.2, 0) is 0 Å². The molecule has 3 heterocycles. The number of nitrogens with zero attached hydrogens (tertiary/aromatic N) is 4. The van der Waals surface area contributed by atoms with E-state index in [0.29, 0.717) is 34.0 Å². The topological polar surface area (TPSA) is 127 Å². The van der Waals surface area contributed by atoms with Crippen molar-refractivity contribution >= 4 is 22.6 Å². The maximum absolute atomic E-state index is 15.2. The molecule has 5 aromatic rings. The molecule has 11 nitrogen and oxygen atoms in total. The number of aromatic nitrogens is 4. The Balaban J connectivity index is 1.27. The maximum Gasteiger partial charge on any atom is 0.270 e. The van der Waals surface area contributed by atoms with Crippen LogP contribution in [0, 0.1) is 12.7 Å². The Kier molecular flexibility index (Phi) is 7.56. The highest BCUT2D eigenvalue weighted by atomic mass is 19.1. The molecule has 0 atom stereocenters. The van der Waals surface area contributed by atoms with Gasteiger partial charge in [0.1, 0.15) is 22.7 Å². The summed E-state index contributed by atoms with van der Waals surface area (Å²) in [7, 11) is 4.50. The Morgan fingerprint density at radius 3 is 2.45 bits per heavy atom. The van der Waals surface area contributed by atoms with Crippen LogP contribution >= 0.6 is 0 Å². The lowest BCUT2D eigenvalue weighted by Gasteiger charge is -2.16. The Morgan fingerprint density at radius 1 is 0.955 bits per heavy atom. The molecule has 0 saturated heterocycles. The molecule has 2 aromatic carbocycles. The first-order chi connectivity index (χ1) is 21.3. The first-order valence-corrected chi connectivity index (χ1v) is 13.7. The number of nitrogens with one attached hydrogen (secondary N) is 1. The highest BCUT2D eigenvalue weighted by Gasteiger charge is 2.31. The molecule has 1 aliphatic carbocycles. The number of carbonyl (C=O) groups is 1. The average molecular weight is 598 g/mol. The van der Waals surface area contributed by atoms with Crippen molar-refractivity contribution in [2.24, 2.45) is 0 Å². The molecule has 44 heavy (non-hydrogen) atoms. The summed E-state index contributed by atoms with van der Waals surface area (Å²) in [5, 5.41) is 2.60. The molecule has 1 aliphatic rings. The van der Waals surface area contributed by atoms with Crippen molar-refractivity contribution in [1.82, 2.24) is 19.5 Å². The molecular formula is C32H28FN5O6. The van der Waals surface area contributed by atoms with Gasteiger partial charge in [-0.2, -0.15) is 0 Å². The van der Waals surface area contributed by atoms with E-state index >= 15 is 4.39 Å². The van der Waals surface area contributed by atoms with Crippen molar-refractivity contribution in [3.63, 3.8) is 0 Å². The van der Waals surface area contributed by atoms with Crippen LogP contribution in [0.25, 0.3) is 16.7 Å². The third kappa shape index (κ3) is 5.37. The van der Waals surface area contributed by atoms with Gasteiger partial charge < -0.3 is 24.3 Å². The van der Waals surface area contributed by atoms with Gasteiger partial charge in [0.25, 0.3) is 17.3 Å². The van der Waals surface area contributed by atoms with E-state index in [0.717, 1.165) is 24.5 Å². The second kappa shape index (κ2) is 11.6. The van der Waals surface area contributed by atoms with E-state index in [1.807, 2.05) is 13.0 Å². The number of halogens is 1. The van der Waals surface area contributed by atoms with E-state index in [2.05, 4.69) is 20.3 Å². The monoisotopic (exact) mass is 597 g/mol. The number of fused-ring (bicyclic) bond motifs is 1. The molecule has 0 spiro atoms. The average Bonchev–Trinajstić information content (AvgIpc) is 3.87. The van der Waals surface area contributed by atoms with Crippen LogP contribution in [0.1, 0.15) is 40.5 Å². The van der Waals surface area contributed by atoms with Gasteiger partial charge in [-0.15, -0.1) is 0 Å². The summed E-state index contributed by atoms with van der Waals surface area (Å²) in [5.74, 6) is 0.654. The van der Waals surface area contributed by atoms with Crippen molar-refractivity contribution in [3.05, 3.63) is 94.0 Å². The zero-order valence-corrected chi connectivity index (χ0v) is 24.4. The third-order valence-electron chi connectivity index (χ3n) is 7.25. The number of amides is 1. The fourth-order valence-corrected chi connectivity index (χ4v) is 4.86. The molecule has 0 aliphatic heterocycles. The van der Waals surface area contributed by atoms with E-state index in [9.17, 15) is 9.59 Å². The van der Waals surface area contributed by atoms with Gasteiger partial charge in [-0.25, -0.2) is 14.4 Å². The van der Waals surface area contributed by atoms with Crippen molar-refractivity contribution in [3.8, 4) is 34.6 Å². The smallest absolute Gasteiger partial charge is 0.270 e. The van der Waals surface area contributed by atoms with Crippen LogP contribution in [0.3, 0.4) is 0 Å². The maximum atomic E-state index is 15.2. The van der Waals surface area contributed by atoms with Crippen molar-refractivity contribution in [2.75, 3.05) is 26.6 Å². The molecule has 1 fully saturated rings. The van der Waals surface area contributed by atoms with E-state index < -0.39 is 17.3 Å². The second-order valence-electron chi connectivity index (χ2n) is 10.2. The van der Waals surface area contributed by atoms with Crippen LogP contribution in [0.4, 0.5) is 10.1 Å². The highest BCUT2D eigenvalue weighted by Crippen LogP contribution is 2.40. The molecule has 0 unspecified atom stereocenters. The summed E-state index contributed by atoms with van der Waals surface area (Å²) in [6.45, 7) is 1.86. The van der Waals surface area contributed by atoms with Crippen molar-refractivity contribution < 1.29 is 28.1 Å². The van der Waals surface area contributed by atoms with E-state index in [-0.39, 0.29) is 34.5 Å². The van der Waals surface area contributed by atoms with Gasteiger partial charge in [0.2, 0.25) is 0 Å². The summed E-state index contributed by atoms with van der Waals surface area (Å²) in [6.07, 6.45) is 4.60. The van der Waals surface area contributed by atoms with Gasteiger partial charge in [0, 0.05) is 42.2 Å². The molecule has 3 aromatic heterocycles. The van der Waals surface area contributed by atoms with Crippen molar-refractivity contribution in [1.29, 1.82) is 0 Å². The number of methoxy groups -OCH3 is 3. The number of carbonyl (C=O) groups excluding carboxylic acids is 1. The highest BCUT2D eigenvalue weighted by molar-refractivity contribution is 6.04. The summed E-state index contributed by atoms with van der Waals surface area (Å²) >= 11 is 0. The zero-order valence-electron chi connectivity index (χ0n) is 24.4. The minimum Gasteiger partial charge on any atom is -0.497 e. The van der Waals surface area contributed by atoms with Gasteiger partial charge in [-0.1, -0.05) is 0 Å². The number of hydrogen-bond donors (Lipinski definition) is 1. The third-order valence-corrected chi connectivity index (χ3v) is 7.25. The van der Waals surface area contributed by atoms with Gasteiger partial charge in [0.05, 0.1) is 32.5 Å². The molecule has 1 N–H and O–H groups in total. The van der Waals surface area contributed by atoms with E-state index in [1.165, 1.54) is 43.3 Å². The minimum absolute atomic E-state index is 0.111. The summed E-state index contributed by atoms with van der Waals surface area (Å²) in [5.41, 5.74) is 1.64. The van der Waals surface area contributed by atoms with Crippen LogP contribution in [0.2, 0.25) is 0 Å². The number of aryl methyl sites for hydroxylation is 1. The van der Waals surface area contributed by atoms with E-state index in [4.69, 9.17) is 18.9 Å². The lowest BCUT2D eigenvalue weighted by Crippen LogP contribution is -2.31. The van der Waals surface area contributed by atoms with Gasteiger partial charge in [-0.3, -0.25) is 19.1 Å². The minimum atomic E-state index is -0.748. The quantitative estimate of drug-likeness (QED) is 0.232. The van der Waals surface area contributed by atoms with Gasteiger partial charge >= 0.3 is 0 Å². The number of pyridine rings is 2. The number of ether oxygens (including phenoxy) is 4. The number of rotatable bonds is 9. The standard InChI is InChI=1S/C32H28FN5O6/c1-17-13-20(41-2)8-9-24(17)38-29(18-5-6-18)35-16-21(32(38)40)30(39)36-19-7-10-25(22(33)14-19)44-26-11-12-34-23-15-27(42-3)31(43-4)37-28(23)26/h7-16,18H,5-6H2,1-4H3,(H,36,39).